The average molecular weight is 249 g/mol. The summed E-state index contributed by atoms with van der Waals surface area (Å²) in [6.07, 6.45) is -2.28. The van der Waals surface area contributed by atoms with Gasteiger partial charge in [0.15, 0.2) is 5.78 Å². The van der Waals surface area contributed by atoms with Crippen molar-refractivity contribution in [2.75, 3.05) is 0 Å². The molecule has 0 radical (unpaired) electrons. The third-order valence-corrected chi connectivity index (χ3v) is 2.05. The first-order chi connectivity index (χ1) is 7.30. The number of rotatable bonds is 2. The van der Waals surface area contributed by atoms with E-state index in [1.807, 2.05) is 0 Å². The summed E-state index contributed by atoms with van der Waals surface area (Å²) in [4.78, 5) is 10.7. The summed E-state index contributed by atoms with van der Waals surface area (Å²) < 4.78 is 37.7. The quantitative estimate of drug-likeness (QED) is 0.724. The number of allylic oxidation sites excluding steroid dienone is 1. The lowest BCUT2D eigenvalue weighted by atomic mass is 10.1. The molecule has 16 heavy (non-hydrogen) atoms. The summed E-state index contributed by atoms with van der Waals surface area (Å²) in [6, 6.07) is 3.41. The van der Waals surface area contributed by atoms with Crippen molar-refractivity contribution in [2.45, 2.75) is 13.1 Å². The zero-order valence-corrected chi connectivity index (χ0v) is 9.06. The predicted octanol–water partition coefficient (Wildman–Crippen LogP) is 3.96. The Hall–Kier alpha value is -1.29. The minimum Gasteiger partial charge on any atom is -0.295 e. The standard InChI is InChI=1S/C11H8ClF3O/c1-7(16)2-3-8-4-5-9(12)6-10(8)11(13,14)15/h2-6H,1H3/b3-2+. The average Bonchev–Trinajstić information content (AvgIpc) is 2.14. The minimum atomic E-state index is -4.48. The van der Waals surface area contributed by atoms with Gasteiger partial charge >= 0.3 is 6.18 Å². The molecule has 0 saturated heterocycles. The van der Waals surface area contributed by atoms with Gasteiger partial charge in [0.1, 0.15) is 0 Å². The molecule has 1 rings (SSSR count). The van der Waals surface area contributed by atoms with Crippen molar-refractivity contribution >= 4 is 23.5 Å². The first-order valence-electron chi connectivity index (χ1n) is 4.36. The van der Waals surface area contributed by atoms with Crippen molar-refractivity contribution in [3.8, 4) is 0 Å². The molecule has 0 aromatic heterocycles. The fourth-order valence-corrected chi connectivity index (χ4v) is 1.30. The number of benzene rings is 1. The van der Waals surface area contributed by atoms with E-state index in [-0.39, 0.29) is 16.4 Å². The van der Waals surface area contributed by atoms with E-state index in [1.54, 1.807) is 0 Å². The Labute approximate surface area is 95.5 Å². The highest BCUT2D eigenvalue weighted by Crippen LogP contribution is 2.34. The van der Waals surface area contributed by atoms with Crippen LogP contribution in [-0.2, 0) is 11.0 Å². The number of hydrogen-bond donors (Lipinski definition) is 0. The van der Waals surface area contributed by atoms with Gasteiger partial charge in [0.05, 0.1) is 5.56 Å². The molecule has 0 aliphatic carbocycles. The lowest BCUT2D eigenvalue weighted by Gasteiger charge is -2.10. The maximum Gasteiger partial charge on any atom is 0.417 e. The molecule has 0 amide bonds. The Kier molecular flexibility index (Phi) is 3.75. The molecular formula is C11H8ClF3O. The van der Waals surface area contributed by atoms with Gasteiger partial charge in [-0.3, -0.25) is 4.79 Å². The van der Waals surface area contributed by atoms with E-state index in [1.165, 1.54) is 19.1 Å². The number of alkyl halides is 3. The van der Waals surface area contributed by atoms with E-state index in [0.717, 1.165) is 18.2 Å². The molecular weight excluding hydrogens is 241 g/mol. The molecule has 0 heterocycles. The van der Waals surface area contributed by atoms with Crippen LogP contribution in [0.5, 0.6) is 0 Å². The highest BCUT2D eigenvalue weighted by Gasteiger charge is 2.32. The number of hydrogen-bond acceptors (Lipinski definition) is 1. The number of carbonyl (C=O) groups is 1. The Morgan fingerprint density at radius 1 is 1.38 bits per heavy atom. The number of ketones is 1. The van der Waals surface area contributed by atoms with E-state index in [2.05, 4.69) is 0 Å². The summed E-state index contributed by atoms with van der Waals surface area (Å²) >= 11 is 5.49. The van der Waals surface area contributed by atoms with Gasteiger partial charge in [-0.25, -0.2) is 0 Å². The normalized spacial score (nSPS) is 12.1. The molecule has 0 saturated carbocycles. The van der Waals surface area contributed by atoms with Crippen LogP contribution in [0.25, 0.3) is 6.08 Å². The molecule has 0 unspecified atom stereocenters. The fourth-order valence-electron chi connectivity index (χ4n) is 1.13. The van der Waals surface area contributed by atoms with E-state index in [4.69, 9.17) is 11.6 Å². The second kappa shape index (κ2) is 4.70. The van der Waals surface area contributed by atoms with E-state index >= 15 is 0 Å². The molecule has 5 heteroatoms. The summed E-state index contributed by atoms with van der Waals surface area (Å²) in [5.74, 6) is -0.317. The third-order valence-electron chi connectivity index (χ3n) is 1.82. The largest absolute Gasteiger partial charge is 0.417 e. The fraction of sp³-hybridized carbons (Fsp3) is 0.182. The molecule has 1 aromatic rings. The van der Waals surface area contributed by atoms with Gasteiger partial charge in [0, 0.05) is 5.02 Å². The van der Waals surface area contributed by atoms with Crippen molar-refractivity contribution in [1.82, 2.24) is 0 Å². The highest BCUT2D eigenvalue weighted by atomic mass is 35.5. The lowest BCUT2D eigenvalue weighted by molar-refractivity contribution is -0.137. The monoisotopic (exact) mass is 248 g/mol. The molecule has 0 N–H and O–H groups in total. The van der Waals surface area contributed by atoms with Crippen LogP contribution in [0.2, 0.25) is 5.02 Å². The number of carbonyl (C=O) groups excluding carboxylic acids is 1. The Bertz CT molecular complexity index is 435. The predicted molar refractivity (Wildman–Crippen MR) is 56.2 cm³/mol. The van der Waals surface area contributed by atoms with Crippen LogP contribution >= 0.6 is 11.6 Å². The maximum atomic E-state index is 12.6. The van der Waals surface area contributed by atoms with Crippen LogP contribution < -0.4 is 0 Å². The molecule has 1 aromatic carbocycles. The molecule has 86 valence electrons. The molecule has 0 aliphatic rings. The zero-order chi connectivity index (χ0) is 12.3. The van der Waals surface area contributed by atoms with Gasteiger partial charge < -0.3 is 0 Å². The van der Waals surface area contributed by atoms with Crippen molar-refractivity contribution in [1.29, 1.82) is 0 Å². The van der Waals surface area contributed by atoms with Gasteiger partial charge in [0.2, 0.25) is 0 Å². The molecule has 0 atom stereocenters. The highest BCUT2D eigenvalue weighted by molar-refractivity contribution is 6.30. The summed E-state index contributed by atoms with van der Waals surface area (Å²) in [5, 5.41) is 0.00676. The summed E-state index contributed by atoms with van der Waals surface area (Å²) in [6.45, 7) is 1.26. The van der Waals surface area contributed by atoms with Crippen molar-refractivity contribution in [2.24, 2.45) is 0 Å². The van der Waals surface area contributed by atoms with Crippen molar-refractivity contribution in [3.63, 3.8) is 0 Å². The third kappa shape index (κ3) is 3.38. The van der Waals surface area contributed by atoms with Crippen LogP contribution in [0.1, 0.15) is 18.1 Å². The van der Waals surface area contributed by atoms with Gasteiger partial charge in [-0.05, 0) is 30.7 Å². The SMILES string of the molecule is CC(=O)/C=C/c1ccc(Cl)cc1C(F)(F)F. The first kappa shape index (κ1) is 12.8. The Balaban J connectivity index is 3.23. The maximum absolute atomic E-state index is 12.6. The van der Waals surface area contributed by atoms with Crippen LogP contribution in [0.3, 0.4) is 0 Å². The van der Waals surface area contributed by atoms with Crippen LogP contribution in [0.4, 0.5) is 13.2 Å². The summed E-state index contributed by atoms with van der Waals surface area (Å²) in [7, 11) is 0. The minimum absolute atomic E-state index is 0.00676. The second-order valence-electron chi connectivity index (χ2n) is 3.17. The van der Waals surface area contributed by atoms with Crippen LogP contribution in [0.15, 0.2) is 24.3 Å². The van der Waals surface area contributed by atoms with E-state index < -0.39 is 11.7 Å². The second-order valence-corrected chi connectivity index (χ2v) is 3.61. The lowest BCUT2D eigenvalue weighted by Crippen LogP contribution is -2.07. The van der Waals surface area contributed by atoms with E-state index in [0.29, 0.717) is 0 Å². The van der Waals surface area contributed by atoms with Crippen LogP contribution in [-0.4, -0.2) is 5.78 Å². The van der Waals surface area contributed by atoms with Crippen molar-refractivity contribution < 1.29 is 18.0 Å². The van der Waals surface area contributed by atoms with E-state index in [9.17, 15) is 18.0 Å². The summed E-state index contributed by atoms with van der Waals surface area (Å²) in [5.41, 5.74) is -0.926. The first-order valence-corrected chi connectivity index (χ1v) is 4.74. The Morgan fingerprint density at radius 3 is 2.50 bits per heavy atom. The Morgan fingerprint density at radius 2 is 2.00 bits per heavy atom. The van der Waals surface area contributed by atoms with Gasteiger partial charge in [0.25, 0.3) is 0 Å². The van der Waals surface area contributed by atoms with Gasteiger partial charge in [-0.15, -0.1) is 0 Å². The smallest absolute Gasteiger partial charge is 0.295 e. The topological polar surface area (TPSA) is 17.1 Å². The molecule has 0 fully saturated rings. The molecule has 0 spiro atoms. The van der Waals surface area contributed by atoms with Gasteiger partial charge in [-0.2, -0.15) is 13.2 Å². The molecule has 0 aliphatic heterocycles. The number of halogens is 4. The molecule has 0 bridgehead atoms. The van der Waals surface area contributed by atoms with Gasteiger partial charge in [-0.1, -0.05) is 23.7 Å². The van der Waals surface area contributed by atoms with Crippen molar-refractivity contribution in [3.05, 3.63) is 40.4 Å². The van der Waals surface area contributed by atoms with Crippen LogP contribution in [0, 0.1) is 0 Å². The molecule has 1 nitrogen and oxygen atoms in total. The zero-order valence-electron chi connectivity index (χ0n) is 8.31.